The second-order valence-corrected chi connectivity index (χ2v) is 4.78. The van der Waals surface area contributed by atoms with Crippen molar-refractivity contribution in [1.29, 1.82) is 0 Å². The second-order valence-electron chi connectivity index (χ2n) is 4.78. The van der Waals surface area contributed by atoms with Gasteiger partial charge < -0.3 is 14.8 Å². The molecule has 1 fully saturated rings. The Balaban J connectivity index is 1.92. The van der Waals surface area contributed by atoms with Crippen LogP contribution in [-0.4, -0.2) is 17.8 Å². The van der Waals surface area contributed by atoms with Crippen LogP contribution in [0.4, 0.5) is 0 Å². The van der Waals surface area contributed by atoms with Gasteiger partial charge >= 0.3 is 0 Å². The van der Waals surface area contributed by atoms with Crippen molar-refractivity contribution in [2.45, 2.75) is 44.7 Å². The van der Waals surface area contributed by atoms with Crippen LogP contribution in [0.3, 0.4) is 0 Å². The van der Waals surface area contributed by atoms with E-state index in [0.717, 1.165) is 6.42 Å². The van der Waals surface area contributed by atoms with E-state index in [4.69, 9.17) is 4.42 Å². The van der Waals surface area contributed by atoms with Gasteiger partial charge in [0.05, 0.1) is 12.5 Å². The van der Waals surface area contributed by atoms with Crippen LogP contribution in [0, 0.1) is 5.92 Å². The minimum atomic E-state index is 0.301. The molecule has 0 bridgehead atoms. The highest BCUT2D eigenvalue weighted by Crippen LogP contribution is 2.26. The Labute approximate surface area is 96.8 Å². The Morgan fingerprint density at radius 2 is 2.31 bits per heavy atom. The highest BCUT2D eigenvalue weighted by Gasteiger charge is 2.25. The van der Waals surface area contributed by atoms with Crippen LogP contribution in [-0.2, 0) is 0 Å². The zero-order chi connectivity index (χ0) is 11.4. The van der Waals surface area contributed by atoms with Crippen molar-refractivity contribution in [3.8, 4) is 0 Å². The average Bonchev–Trinajstić information content (AvgIpc) is 2.83. The SMILES string of the molecule is CC(NC1CCCCC1CO)c1ccoc1. The number of hydrogen-bond donors (Lipinski definition) is 2. The molecule has 2 N–H and O–H groups in total. The summed E-state index contributed by atoms with van der Waals surface area (Å²) in [5.41, 5.74) is 1.18. The van der Waals surface area contributed by atoms with Gasteiger partial charge in [-0.05, 0) is 31.7 Å². The van der Waals surface area contributed by atoms with Crippen LogP contribution in [0.15, 0.2) is 23.0 Å². The van der Waals surface area contributed by atoms with Crippen LogP contribution < -0.4 is 5.32 Å². The maximum absolute atomic E-state index is 9.35. The first-order valence-corrected chi connectivity index (χ1v) is 6.20. The topological polar surface area (TPSA) is 45.4 Å². The minimum Gasteiger partial charge on any atom is -0.472 e. The molecule has 3 unspecified atom stereocenters. The fourth-order valence-corrected chi connectivity index (χ4v) is 2.58. The molecule has 3 nitrogen and oxygen atoms in total. The lowest BCUT2D eigenvalue weighted by atomic mass is 9.84. The molecule has 3 heteroatoms. The van der Waals surface area contributed by atoms with Crippen LogP contribution in [0.5, 0.6) is 0 Å². The fraction of sp³-hybridized carbons (Fsp3) is 0.692. The minimum absolute atomic E-state index is 0.301. The van der Waals surface area contributed by atoms with Crippen LogP contribution in [0.1, 0.15) is 44.2 Å². The Kier molecular flexibility index (Phi) is 4.02. The summed E-state index contributed by atoms with van der Waals surface area (Å²) in [7, 11) is 0. The van der Waals surface area contributed by atoms with Crippen molar-refractivity contribution >= 4 is 0 Å². The lowest BCUT2D eigenvalue weighted by molar-refractivity contribution is 0.147. The molecular weight excluding hydrogens is 202 g/mol. The Morgan fingerprint density at radius 1 is 1.50 bits per heavy atom. The van der Waals surface area contributed by atoms with Crippen molar-refractivity contribution in [3.05, 3.63) is 24.2 Å². The predicted octanol–water partition coefficient (Wildman–Crippen LogP) is 2.48. The van der Waals surface area contributed by atoms with Gasteiger partial charge in [-0.15, -0.1) is 0 Å². The van der Waals surface area contributed by atoms with Crippen LogP contribution >= 0.6 is 0 Å². The summed E-state index contributed by atoms with van der Waals surface area (Å²) >= 11 is 0. The Bertz CT molecular complexity index is 297. The molecule has 3 atom stereocenters. The van der Waals surface area contributed by atoms with Crippen molar-refractivity contribution in [2.24, 2.45) is 5.92 Å². The highest BCUT2D eigenvalue weighted by atomic mass is 16.3. The Morgan fingerprint density at radius 3 is 3.00 bits per heavy atom. The molecule has 0 aliphatic heterocycles. The summed E-state index contributed by atoms with van der Waals surface area (Å²) in [4.78, 5) is 0. The lowest BCUT2D eigenvalue weighted by Crippen LogP contribution is -2.41. The zero-order valence-corrected chi connectivity index (χ0v) is 9.86. The predicted molar refractivity (Wildman–Crippen MR) is 63.1 cm³/mol. The molecule has 1 heterocycles. The largest absolute Gasteiger partial charge is 0.472 e. The molecule has 0 amide bonds. The highest BCUT2D eigenvalue weighted by molar-refractivity contribution is 5.10. The molecule has 1 aliphatic rings. The molecular formula is C13H21NO2. The molecule has 0 aromatic carbocycles. The standard InChI is InChI=1S/C13H21NO2/c1-10(12-6-7-16-9-12)14-13-5-3-2-4-11(13)8-15/h6-7,9-11,13-15H,2-5,8H2,1H3. The summed E-state index contributed by atoms with van der Waals surface area (Å²) in [5, 5.41) is 12.9. The van der Waals surface area contributed by atoms with Gasteiger partial charge in [-0.2, -0.15) is 0 Å². The third-order valence-electron chi connectivity index (χ3n) is 3.65. The molecule has 90 valence electrons. The van der Waals surface area contributed by atoms with Gasteiger partial charge in [0.25, 0.3) is 0 Å². The van der Waals surface area contributed by atoms with Gasteiger partial charge in [0.15, 0.2) is 0 Å². The van der Waals surface area contributed by atoms with Crippen LogP contribution in [0.2, 0.25) is 0 Å². The van der Waals surface area contributed by atoms with E-state index in [0.29, 0.717) is 24.6 Å². The van der Waals surface area contributed by atoms with E-state index >= 15 is 0 Å². The van der Waals surface area contributed by atoms with Gasteiger partial charge in [-0.3, -0.25) is 0 Å². The van der Waals surface area contributed by atoms with Gasteiger partial charge in [0.1, 0.15) is 0 Å². The summed E-state index contributed by atoms with van der Waals surface area (Å²) < 4.78 is 5.09. The normalized spacial score (nSPS) is 27.9. The first kappa shape index (κ1) is 11.7. The molecule has 1 aliphatic carbocycles. The van der Waals surface area contributed by atoms with E-state index in [1.807, 2.05) is 6.07 Å². The smallest absolute Gasteiger partial charge is 0.0950 e. The third kappa shape index (κ3) is 2.66. The Hall–Kier alpha value is -0.800. The van der Waals surface area contributed by atoms with Gasteiger partial charge in [0.2, 0.25) is 0 Å². The van der Waals surface area contributed by atoms with Gasteiger partial charge in [-0.1, -0.05) is 12.8 Å². The van der Waals surface area contributed by atoms with E-state index in [1.165, 1.54) is 24.8 Å². The summed E-state index contributed by atoms with van der Waals surface area (Å²) in [5.74, 6) is 0.420. The number of aliphatic hydroxyl groups excluding tert-OH is 1. The summed E-state index contributed by atoms with van der Waals surface area (Å²) in [6, 6.07) is 2.74. The molecule has 0 saturated heterocycles. The van der Waals surface area contributed by atoms with E-state index in [2.05, 4.69) is 12.2 Å². The average molecular weight is 223 g/mol. The number of rotatable bonds is 4. The third-order valence-corrected chi connectivity index (χ3v) is 3.65. The number of nitrogens with one attached hydrogen (secondary N) is 1. The fourth-order valence-electron chi connectivity index (χ4n) is 2.58. The van der Waals surface area contributed by atoms with E-state index in [-0.39, 0.29) is 0 Å². The molecule has 0 radical (unpaired) electrons. The monoisotopic (exact) mass is 223 g/mol. The van der Waals surface area contributed by atoms with Crippen LogP contribution in [0.25, 0.3) is 0 Å². The molecule has 1 aromatic heterocycles. The summed E-state index contributed by atoms with van der Waals surface area (Å²) in [6.07, 6.45) is 8.34. The molecule has 1 saturated carbocycles. The maximum Gasteiger partial charge on any atom is 0.0950 e. The maximum atomic E-state index is 9.35. The van der Waals surface area contributed by atoms with E-state index in [9.17, 15) is 5.11 Å². The molecule has 1 aromatic rings. The van der Waals surface area contributed by atoms with E-state index in [1.54, 1.807) is 12.5 Å². The first-order valence-electron chi connectivity index (χ1n) is 6.20. The van der Waals surface area contributed by atoms with Crippen molar-refractivity contribution in [2.75, 3.05) is 6.61 Å². The molecule has 0 spiro atoms. The zero-order valence-electron chi connectivity index (χ0n) is 9.86. The van der Waals surface area contributed by atoms with Crippen molar-refractivity contribution in [3.63, 3.8) is 0 Å². The first-order chi connectivity index (χ1) is 7.81. The quantitative estimate of drug-likeness (QED) is 0.824. The van der Waals surface area contributed by atoms with Gasteiger partial charge in [0, 0.05) is 24.3 Å². The van der Waals surface area contributed by atoms with Crippen molar-refractivity contribution < 1.29 is 9.52 Å². The summed E-state index contributed by atoms with van der Waals surface area (Å²) in [6.45, 7) is 2.45. The molecule has 16 heavy (non-hydrogen) atoms. The second kappa shape index (κ2) is 5.51. The van der Waals surface area contributed by atoms with Crippen molar-refractivity contribution in [1.82, 2.24) is 5.32 Å². The van der Waals surface area contributed by atoms with Gasteiger partial charge in [-0.25, -0.2) is 0 Å². The van der Waals surface area contributed by atoms with E-state index < -0.39 is 0 Å². The number of aliphatic hydroxyl groups is 1. The lowest BCUT2D eigenvalue weighted by Gasteiger charge is -2.33. The molecule has 2 rings (SSSR count). The number of furan rings is 1. The number of hydrogen-bond acceptors (Lipinski definition) is 3.